The van der Waals surface area contributed by atoms with Crippen molar-refractivity contribution < 1.29 is 17.7 Å². The SMILES string of the molecule is CC(C1CCCCC1)[P](=O)CC(F)(F)F. The lowest BCUT2D eigenvalue weighted by molar-refractivity contribution is -0.106. The van der Waals surface area contributed by atoms with Crippen LogP contribution in [0.25, 0.3) is 0 Å². The molecule has 89 valence electrons. The van der Waals surface area contributed by atoms with Gasteiger partial charge in [0.25, 0.3) is 0 Å². The highest BCUT2D eigenvalue weighted by molar-refractivity contribution is 7.45. The zero-order chi connectivity index (χ0) is 11.5. The van der Waals surface area contributed by atoms with Gasteiger partial charge in [-0.2, -0.15) is 13.2 Å². The first kappa shape index (κ1) is 13.0. The molecule has 0 spiro atoms. The van der Waals surface area contributed by atoms with Crippen molar-refractivity contribution in [2.24, 2.45) is 5.92 Å². The van der Waals surface area contributed by atoms with Crippen LogP contribution in [0.4, 0.5) is 13.2 Å². The molecule has 1 rings (SSSR count). The highest BCUT2D eigenvalue weighted by Crippen LogP contribution is 2.42. The maximum absolute atomic E-state index is 12.0. The van der Waals surface area contributed by atoms with Gasteiger partial charge in [-0.15, -0.1) is 0 Å². The number of hydrogen-bond acceptors (Lipinski definition) is 1. The zero-order valence-electron chi connectivity index (χ0n) is 8.89. The molecule has 0 aliphatic heterocycles. The third-order valence-corrected chi connectivity index (χ3v) is 5.12. The van der Waals surface area contributed by atoms with Gasteiger partial charge >= 0.3 is 6.18 Å². The van der Waals surface area contributed by atoms with Gasteiger partial charge in [0, 0.05) is 5.66 Å². The summed E-state index contributed by atoms with van der Waals surface area (Å²) in [6.45, 7) is 1.71. The molecule has 0 N–H and O–H groups in total. The molecule has 0 aromatic rings. The summed E-state index contributed by atoms with van der Waals surface area (Å²) in [5.41, 5.74) is -0.276. The van der Waals surface area contributed by atoms with E-state index < -0.39 is 20.1 Å². The van der Waals surface area contributed by atoms with E-state index in [1.807, 2.05) is 0 Å². The maximum Gasteiger partial charge on any atom is 0.398 e. The predicted octanol–water partition coefficient (Wildman–Crippen LogP) is 4.34. The molecule has 15 heavy (non-hydrogen) atoms. The number of hydrogen-bond donors (Lipinski definition) is 0. The topological polar surface area (TPSA) is 17.1 Å². The van der Waals surface area contributed by atoms with Crippen molar-refractivity contribution in [1.82, 2.24) is 0 Å². The van der Waals surface area contributed by atoms with Crippen LogP contribution in [0.5, 0.6) is 0 Å². The lowest BCUT2D eigenvalue weighted by Gasteiger charge is -2.27. The minimum absolute atomic E-state index is 0.240. The number of halogens is 3. The molecule has 2 atom stereocenters. The van der Waals surface area contributed by atoms with E-state index in [1.54, 1.807) is 6.92 Å². The Hall–Kier alpha value is -0.110. The molecule has 0 amide bonds. The first-order valence-corrected chi connectivity index (χ1v) is 6.92. The molecule has 2 unspecified atom stereocenters. The van der Waals surface area contributed by atoms with Gasteiger partial charge in [0.05, 0.1) is 7.80 Å². The Morgan fingerprint density at radius 3 is 2.27 bits per heavy atom. The molecule has 1 radical (unpaired) electrons. The zero-order valence-corrected chi connectivity index (χ0v) is 9.78. The van der Waals surface area contributed by atoms with Gasteiger partial charge in [-0.3, -0.25) is 4.57 Å². The Kier molecular flexibility index (Phi) is 4.57. The molecule has 0 saturated heterocycles. The van der Waals surface area contributed by atoms with E-state index in [-0.39, 0.29) is 11.6 Å². The van der Waals surface area contributed by atoms with Crippen LogP contribution in [0.15, 0.2) is 0 Å². The highest BCUT2D eigenvalue weighted by Gasteiger charge is 2.35. The molecule has 1 saturated carbocycles. The fourth-order valence-electron chi connectivity index (χ4n) is 2.17. The Balaban J connectivity index is 2.44. The van der Waals surface area contributed by atoms with Crippen molar-refractivity contribution in [3.05, 3.63) is 0 Å². The number of alkyl halides is 3. The molecule has 1 aliphatic carbocycles. The first-order valence-electron chi connectivity index (χ1n) is 5.40. The van der Waals surface area contributed by atoms with Crippen molar-refractivity contribution in [1.29, 1.82) is 0 Å². The van der Waals surface area contributed by atoms with E-state index in [0.717, 1.165) is 25.7 Å². The summed E-state index contributed by atoms with van der Waals surface area (Å²) in [6.07, 6.45) is -0.190. The minimum atomic E-state index is -4.28. The van der Waals surface area contributed by atoms with Crippen molar-refractivity contribution in [2.45, 2.75) is 50.9 Å². The van der Waals surface area contributed by atoms with Gasteiger partial charge in [-0.05, 0) is 18.8 Å². The van der Waals surface area contributed by atoms with Crippen molar-refractivity contribution >= 4 is 7.80 Å². The van der Waals surface area contributed by atoms with Gasteiger partial charge in [0.2, 0.25) is 0 Å². The first-order chi connectivity index (χ1) is 6.90. The van der Waals surface area contributed by atoms with Gasteiger partial charge < -0.3 is 0 Å². The monoisotopic (exact) mass is 241 g/mol. The fraction of sp³-hybridized carbons (Fsp3) is 1.00. The summed E-state index contributed by atoms with van der Waals surface area (Å²) in [5.74, 6) is 0.240. The van der Waals surface area contributed by atoms with Crippen LogP contribution in [0.2, 0.25) is 0 Å². The van der Waals surface area contributed by atoms with Gasteiger partial charge in [-0.1, -0.05) is 26.2 Å². The molecule has 0 heterocycles. The molecule has 0 bridgehead atoms. The number of rotatable bonds is 3. The van der Waals surface area contributed by atoms with Crippen LogP contribution < -0.4 is 0 Å². The normalized spacial score (nSPS) is 22.5. The Morgan fingerprint density at radius 1 is 1.27 bits per heavy atom. The van der Waals surface area contributed by atoms with Crippen LogP contribution in [0, 0.1) is 5.92 Å². The second-order valence-corrected chi connectivity index (χ2v) is 6.29. The van der Waals surface area contributed by atoms with Gasteiger partial charge in [0.15, 0.2) is 0 Å². The van der Waals surface area contributed by atoms with E-state index in [2.05, 4.69) is 0 Å². The third kappa shape index (κ3) is 4.50. The summed E-state index contributed by atoms with van der Waals surface area (Å²) in [6, 6.07) is 0. The second-order valence-electron chi connectivity index (χ2n) is 4.33. The summed E-state index contributed by atoms with van der Waals surface area (Å²) in [5, 5.41) is 0. The second kappa shape index (κ2) is 5.29. The maximum atomic E-state index is 12.0. The van der Waals surface area contributed by atoms with Crippen LogP contribution in [-0.4, -0.2) is 18.0 Å². The largest absolute Gasteiger partial charge is 0.398 e. The van der Waals surface area contributed by atoms with Crippen LogP contribution >= 0.6 is 7.80 Å². The van der Waals surface area contributed by atoms with Crippen molar-refractivity contribution in [2.75, 3.05) is 6.16 Å². The van der Waals surface area contributed by atoms with Crippen LogP contribution in [0.3, 0.4) is 0 Å². The molecule has 1 nitrogen and oxygen atoms in total. The Labute approximate surface area is 89.2 Å². The quantitative estimate of drug-likeness (QED) is 0.671. The molecule has 5 heteroatoms. The van der Waals surface area contributed by atoms with Gasteiger partial charge in [-0.25, -0.2) is 0 Å². The van der Waals surface area contributed by atoms with E-state index in [1.165, 1.54) is 6.42 Å². The fourth-order valence-corrected chi connectivity index (χ4v) is 3.58. The molecule has 0 aromatic carbocycles. The summed E-state index contributed by atoms with van der Waals surface area (Å²) < 4.78 is 47.6. The molecule has 0 aromatic heterocycles. The lowest BCUT2D eigenvalue weighted by Crippen LogP contribution is -2.21. The highest BCUT2D eigenvalue weighted by atomic mass is 31.1. The van der Waals surface area contributed by atoms with Gasteiger partial charge in [0.1, 0.15) is 6.16 Å². The average molecular weight is 241 g/mol. The summed E-state index contributed by atoms with van der Waals surface area (Å²) in [7, 11) is -2.13. The Morgan fingerprint density at radius 2 is 1.80 bits per heavy atom. The third-order valence-electron chi connectivity index (χ3n) is 3.12. The Bertz CT molecular complexity index is 221. The standard InChI is InChI=1S/C10H17F3OP/c1-8(9-5-3-2-4-6-9)15(14)7-10(11,12)13/h8-9H,2-7H2,1H3. The molecule has 1 aliphatic rings. The van der Waals surface area contributed by atoms with Crippen LogP contribution in [0.1, 0.15) is 39.0 Å². The smallest absolute Gasteiger partial charge is 0.287 e. The molecular formula is C10H17F3OP. The van der Waals surface area contributed by atoms with E-state index in [9.17, 15) is 17.7 Å². The minimum Gasteiger partial charge on any atom is -0.287 e. The van der Waals surface area contributed by atoms with Crippen molar-refractivity contribution in [3.8, 4) is 0 Å². The van der Waals surface area contributed by atoms with E-state index in [4.69, 9.17) is 0 Å². The average Bonchev–Trinajstić information content (AvgIpc) is 2.15. The van der Waals surface area contributed by atoms with Crippen molar-refractivity contribution in [3.63, 3.8) is 0 Å². The van der Waals surface area contributed by atoms with E-state index in [0.29, 0.717) is 0 Å². The predicted molar refractivity (Wildman–Crippen MR) is 54.6 cm³/mol. The van der Waals surface area contributed by atoms with Crippen LogP contribution in [-0.2, 0) is 4.57 Å². The lowest BCUT2D eigenvalue weighted by atomic mass is 9.87. The summed E-state index contributed by atoms with van der Waals surface area (Å²) in [4.78, 5) is 0. The molecule has 1 fully saturated rings. The summed E-state index contributed by atoms with van der Waals surface area (Å²) >= 11 is 0. The molecular weight excluding hydrogens is 224 g/mol. The van der Waals surface area contributed by atoms with E-state index >= 15 is 0 Å².